The highest BCUT2D eigenvalue weighted by Gasteiger charge is 2.16. The van der Waals surface area contributed by atoms with Gasteiger partial charge in [0.1, 0.15) is 5.69 Å². The van der Waals surface area contributed by atoms with Crippen LogP contribution in [0.4, 0.5) is 11.4 Å². The van der Waals surface area contributed by atoms with Gasteiger partial charge in [-0.2, -0.15) is 5.10 Å². The Morgan fingerprint density at radius 2 is 1.83 bits per heavy atom. The molecular formula is C22H25N5O2. The first-order valence-corrected chi connectivity index (χ1v) is 9.65. The summed E-state index contributed by atoms with van der Waals surface area (Å²) in [5.41, 5.74) is 3.78. The monoisotopic (exact) mass is 391 g/mol. The average Bonchev–Trinajstić information content (AvgIpc) is 3.09. The number of rotatable bonds is 7. The first kappa shape index (κ1) is 20.3. The summed E-state index contributed by atoms with van der Waals surface area (Å²) < 4.78 is 1.73. The molecule has 2 heterocycles. The van der Waals surface area contributed by atoms with Gasteiger partial charge in [0.2, 0.25) is 0 Å². The van der Waals surface area contributed by atoms with E-state index in [2.05, 4.69) is 27.6 Å². The minimum atomic E-state index is -0.254. The van der Waals surface area contributed by atoms with Crippen LogP contribution in [0, 0.1) is 13.8 Å². The highest BCUT2D eigenvalue weighted by molar-refractivity contribution is 6.07. The topological polar surface area (TPSA) is 88.9 Å². The number of carbonyl (C=O) groups excluding carboxylic acids is 2. The van der Waals surface area contributed by atoms with Crippen molar-refractivity contribution in [1.29, 1.82) is 0 Å². The highest BCUT2D eigenvalue weighted by Crippen LogP contribution is 2.18. The second kappa shape index (κ2) is 9.14. The van der Waals surface area contributed by atoms with Gasteiger partial charge in [-0.05, 0) is 56.2 Å². The van der Waals surface area contributed by atoms with Crippen molar-refractivity contribution in [1.82, 2.24) is 14.8 Å². The minimum absolute atomic E-state index is 0.246. The van der Waals surface area contributed by atoms with Crippen molar-refractivity contribution in [3.8, 4) is 0 Å². The van der Waals surface area contributed by atoms with Gasteiger partial charge in [-0.15, -0.1) is 0 Å². The summed E-state index contributed by atoms with van der Waals surface area (Å²) in [6, 6.07) is 10.6. The molecule has 0 spiro atoms. The number of carbonyl (C=O) groups is 2. The van der Waals surface area contributed by atoms with E-state index in [-0.39, 0.29) is 11.8 Å². The molecule has 2 amide bonds. The van der Waals surface area contributed by atoms with E-state index in [1.54, 1.807) is 47.4 Å². The van der Waals surface area contributed by atoms with Crippen LogP contribution in [-0.4, -0.2) is 26.6 Å². The molecule has 0 aliphatic rings. The van der Waals surface area contributed by atoms with Crippen LogP contribution in [0.2, 0.25) is 0 Å². The van der Waals surface area contributed by atoms with E-state index in [4.69, 9.17) is 0 Å². The quantitative estimate of drug-likeness (QED) is 0.632. The van der Waals surface area contributed by atoms with Gasteiger partial charge in [0, 0.05) is 24.0 Å². The van der Waals surface area contributed by atoms with Gasteiger partial charge in [-0.3, -0.25) is 19.3 Å². The molecule has 0 saturated heterocycles. The molecular weight excluding hydrogens is 366 g/mol. The Bertz CT molecular complexity index is 1010. The van der Waals surface area contributed by atoms with Crippen LogP contribution in [-0.2, 0) is 6.54 Å². The second-order valence-corrected chi connectivity index (χ2v) is 6.93. The number of anilines is 2. The van der Waals surface area contributed by atoms with Crippen LogP contribution < -0.4 is 10.6 Å². The molecule has 7 heteroatoms. The normalized spacial score (nSPS) is 10.6. The Morgan fingerprint density at radius 3 is 2.55 bits per heavy atom. The number of aryl methyl sites for hydroxylation is 3. The van der Waals surface area contributed by atoms with Gasteiger partial charge >= 0.3 is 0 Å². The lowest BCUT2D eigenvalue weighted by molar-refractivity contribution is 0.101. The summed E-state index contributed by atoms with van der Waals surface area (Å²) in [7, 11) is 0. The summed E-state index contributed by atoms with van der Waals surface area (Å²) in [4.78, 5) is 29.4. The molecule has 1 aromatic carbocycles. The number of unbranched alkanes of at least 4 members (excludes halogenated alkanes) is 1. The van der Waals surface area contributed by atoms with Gasteiger partial charge in [0.05, 0.1) is 17.6 Å². The van der Waals surface area contributed by atoms with Crippen molar-refractivity contribution in [3.05, 3.63) is 71.3 Å². The summed E-state index contributed by atoms with van der Waals surface area (Å²) >= 11 is 0. The van der Waals surface area contributed by atoms with Crippen molar-refractivity contribution >= 4 is 23.2 Å². The molecule has 2 N–H and O–H groups in total. The molecule has 3 rings (SSSR count). The summed E-state index contributed by atoms with van der Waals surface area (Å²) in [6.45, 7) is 6.51. The smallest absolute Gasteiger partial charge is 0.273 e. The fourth-order valence-electron chi connectivity index (χ4n) is 2.98. The lowest BCUT2D eigenvalue weighted by atomic mass is 10.1. The molecule has 2 aromatic heterocycles. The number of benzene rings is 1. The maximum absolute atomic E-state index is 12.8. The third kappa shape index (κ3) is 5.07. The third-order valence-corrected chi connectivity index (χ3v) is 4.52. The Labute approximate surface area is 170 Å². The van der Waals surface area contributed by atoms with E-state index < -0.39 is 0 Å². The number of hydrogen-bond acceptors (Lipinski definition) is 4. The third-order valence-electron chi connectivity index (χ3n) is 4.52. The lowest BCUT2D eigenvalue weighted by Crippen LogP contribution is -2.19. The Hall–Kier alpha value is -3.48. The van der Waals surface area contributed by atoms with E-state index in [1.165, 1.54) is 0 Å². The summed E-state index contributed by atoms with van der Waals surface area (Å²) in [5, 5.41) is 10.1. The number of nitrogens with zero attached hydrogens (tertiary/aromatic N) is 3. The molecule has 0 radical (unpaired) electrons. The molecule has 0 aliphatic carbocycles. The summed E-state index contributed by atoms with van der Waals surface area (Å²) in [6.07, 6.45) is 5.20. The highest BCUT2D eigenvalue weighted by atomic mass is 16.2. The van der Waals surface area contributed by atoms with E-state index in [0.717, 1.165) is 24.1 Å². The van der Waals surface area contributed by atoms with E-state index in [0.29, 0.717) is 29.2 Å². The molecule has 29 heavy (non-hydrogen) atoms. The van der Waals surface area contributed by atoms with Crippen LogP contribution in [0.25, 0.3) is 0 Å². The van der Waals surface area contributed by atoms with Gasteiger partial charge in [0.25, 0.3) is 11.8 Å². The zero-order valence-corrected chi connectivity index (χ0v) is 16.9. The predicted molar refractivity (Wildman–Crippen MR) is 113 cm³/mol. The molecule has 0 bridgehead atoms. The lowest BCUT2D eigenvalue weighted by Gasteiger charge is -2.11. The molecule has 0 unspecified atom stereocenters. The van der Waals surface area contributed by atoms with Crippen molar-refractivity contribution in [2.45, 2.75) is 40.2 Å². The SMILES string of the molecule is CCCCn1nc(C)cc1C(=O)Nc1ccc(C)c(C(=O)Nc2cccnc2)c1. The Morgan fingerprint density at radius 1 is 1.03 bits per heavy atom. The number of hydrogen-bond donors (Lipinski definition) is 2. The van der Waals surface area contributed by atoms with Crippen molar-refractivity contribution < 1.29 is 9.59 Å². The van der Waals surface area contributed by atoms with Gasteiger partial charge < -0.3 is 10.6 Å². The van der Waals surface area contributed by atoms with E-state index >= 15 is 0 Å². The number of nitrogens with one attached hydrogen (secondary N) is 2. The number of amides is 2. The second-order valence-electron chi connectivity index (χ2n) is 6.93. The van der Waals surface area contributed by atoms with Crippen LogP contribution in [0.1, 0.15) is 51.9 Å². The fourth-order valence-corrected chi connectivity index (χ4v) is 2.98. The fraction of sp³-hybridized carbons (Fsp3) is 0.273. The molecule has 7 nitrogen and oxygen atoms in total. The minimum Gasteiger partial charge on any atom is -0.321 e. The van der Waals surface area contributed by atoms with Gasteiger partial charge in [0.15, 0.2) is 0 Å². The van der Waals surface area contributed by atoms with E-state index in [1.807, 2.05) is 19.9 Å². The maximum Gasteiger partial charge on any atom is 0.273 e. The van der Waals surface area contributed by atoms with Crippen LogP contribution in [0.15, 0.2) is 48.8 Å². The number of pyridine rings is 1. The Balaban J connectivity index is 1.78. The molecule has 0 saturated carbocycles. The average molecular weight is 391 g/mol. The van der Waals surface area contributed by atoms with Crippen molar-refractivity contribution in [2.75, 3.05) is 10.6 Å². The van der Waals surface area contributed by atoms with Gasteiger partial charge in [-0.1, -0.05) is 19.4 Å². The standard InChI is InChI=1S/C22H25N5O2/c1-4-5-11-27-20(12-16(3)26-27)22(29)24-17-9-8-15(2)19(13-17)21(28)25-18-7-6-10-23-14-18/h6-10,12-14H,4-5,11H2,1-3H3,(H,24,29)(H,25,28). The first-order valence-electron chi connectivity index (χ1n) is 9.65. The van der Waals surface area contributed by atoms with Crippen molar-refractivity contribution in [2.24, 2.45) is 0 Å². The molecule has 0 atom stereocenters. The Kier molecular flexibility index (Phi) is 6.39. The van der Waals surface area contributed by atoms with E-state index in [9.17, 15) is 9.59 Å². The van der Waals surface area contributed by atoms with Crippen LogP contribution >= 0.6 is 0 Å². The van der Waals surface area contributed by atoms with Gasteiger partial charge in [-0.25, -0.2) is 0 Å². The maximum atomic E-state index is 12.8. The summed E-state index contributed by atoms with van der Waals surface area (Å²) in [5.74, 6) is -0.500. The molecule has 0 fully saturated rings. The molecule has 0 aliphatic heterocycles. The molecule has 150 valence electrons. The predicted octanol–water partition coefficient (Wildman–Crippen LogP) is 4.20. The number of aromatic nitrogens is 3. The van der Waals surface area contributed by atoms with Crippen molar-refractivity contribution in [3.63, 3.8) is 0 Å². The zero-order chi connectivity index (χ0) is 20.8. The van der Waals surface area contributed by atoms with Crippen LogP contribution in [0.3, 0.4) is 0 Å². The first-order chi connectivity index (χ1) is 14.0. The largest absolute Gasteiger partial charge is 0.321 e. The molecule has 3 aromatic rings. The zero-order valence-electron chi connectivity index (χ0n) is 16.9. The van der Waals surface area contributed by atoms with Crippen LogP contribution in [0.5, 0.6) is 0 Å².